The Bertz CT molecular complexity index is 277. The highest BCUT2D eigenvalue weighted by Crippen LogP contribution is 2.30. The fraction of sp³-hybridized carbons (Fsp3) is 0.286. The van der Waals surface area contributed by atoms with E-state index in [-0.39, 0.29) is 5.56 Å². The van der Waals surface area contributed by atoms with Crippen LogP contribution < -0.4 is 0 Å². The highest BCUT2D eigenvalue weighted by molar-refractivity contribution is 5.36. The van der Waals surface area contributed by atoms with Crippen LogP contribution in [0.3, 0.4) is 0 Å². The summed E-state index contributed by atoms with van der Waals surface area (Å²) in [6.07, 6.45) is -1.04. The molecular formula is C7H6F3NO. The van der Waals surface area contributed by atoms with Gasteiger partial charge in [-0.1, -0.05) is 0 Å². The first kappa shape index (κ1) is 8.83. The summed E-state index contributed by atoms with van der Waals surface area (Å²) in [5.41, 5.74) is -0.947. The van der Waals surface area contributed by atoms with Gasteiger partial charge in [0.05, 0.1) is 11.8 Å². The summed E-state index contributed by atoms with van der Waals surface area (Å²) in [6.45, 7) is -1.05. The molecule has 12 heavy (non-hydrogen) atoms. The molecule has 1 aromatic heterocycles. The fourth-order valence-corrected chi connectivity index (χ4v) is 0.860. The fourth-order valence-electron chi connectivity index (χ4n) is 0.860. The largest absolute Gasteiger partial charge is 0.506 e. The molecule has 1 rings (SSSR count). The molecule has 1 heterocycles. The molecule has 0 bridgehead atoms. The zero-order valence-electron chi connectivity index (χ0n) is 5.97. The van der Waals surface area contributed by atoms with Gasteiger partial charge in [-0.2, -0.15) is 0 Å². The van der Waals surface area contributed by atoms with E-state index in [9.17, 15) is 13.2 Å². The van der Waals surface area contributed by atoms with Gasteiger partial charge in [-0.15, -0.1) is 0 Å². The van der Waals surface area contributed by atoms with E-state index < -0.39 is 24.4 Å². The van der Waals surface area contributed by atoms with Crippen LogP contribution in [0.25, 0.3) is 0 Å². The van der Waals surface area contributed by atoms with Crippen molar-refractivity contribution in [3.63, 3.8) is 0 Å². The van der Waals surface area contributed by atoms with E-state index in [1.165, 1.54) is 0 Å². The Morgan fingerprint density at radius 2 is 2.08 bits per heavy atom. The zero-order chi connectivity index (χ0) is 9.14. The number of pyridine rings is 1. The molecule has 0 unspecified atom stereocenters. The third kappa shape index (κ3) is 1.49. The van der Waals surface area contributed by atoms with Crippen molar-refractivity contribution in [3.8, 4) is 5.75 Å². The van der Waals surface area contributed by atoms with Gasteiger partial charge < -0.3 is 5.11 Å². The van der Waals surface area contributed by atoms with Crippen molar-refractivity contribution >= 4 is 0 Å². The number of hydrogen-bond acceptors (Lipinski definition) is 2. The van der Waals surface area contributed by atoms with Gasteiger partial charge in [0.15, 0.2) is 0 Å². The van der Waals surface area contributed by atoms with Crippen LogP contribution in [0.4, 0.5) is 13.2 Å². The van der Waals surface area contributed by atoms with Crippen LogP contribution >= 0.6 is 0 Å². The quantitative estimate of drug-likeness (QED) is 0.751. The number of aromatic hydroxyl groups is 1. The molecule has 0 aliphatic rings. The second kappa shape index (κ2) is 3.42. The monoisotopic (exact) mass is 177 g/mol. The van der Waals surface area contributed by atoms with Crippen LogP contribution in [0.1, 0.15) is 17.6 Å². The van der Waals surface area contributed by atoms with Gasteiger partial charge in [-0.05, 0) is 0 Å². The Morgan fingerprint density at radius 1 is 1.42 bits per heavy atom. The van der Waals surface area contributed by atoms with Crippen LogP contribution in [0.15, 0.2) is 12.4 Å². The smallest absolute Gasteiger partial charge is 0.267 e. The van der Waals surface area contributed by atoms with Crippen molar-refractivity contribution in [2.24, 2.45) is 0 Å². The number of rotatable bonds is 2. The Kier molecular flexibility index (Phi) is 2.52. The SMILES string of the molecule is Oc1cncc(CF)c1C(F)F. The second-order valence-corrected chi connectivity index (χ2v) is 2.17. The van der Waals surface area contributed by atoms with E-state index in [2.05, 4.69) is 4.98 Å². The molecule has 0 aliphatic heterocycles. The number of alkyl halides is 3. The number of hydrogen-bond donors (Lipinski definition) is 1. The molecule has 0 spiro atoms. The van der Waals surface area contributed by atoms with E-state index in [0.717, 1.165) is 12.4 Å². The van der Waals surface area contributed by atoms with E-state index in [1.54, 1.807) is 0 Å². The Morgan fingerprint density at radius 3 is 2.50 bits per heavy atom. The summed E-state index contributed by atoms with van der Waals surface area (Å²) in [5.74, 6) is -0.667. The first-order chi connectivity index (χ1) is 5.66. The van der Waals surface area contributed by atoms with E-state index in [0.29, 0.717) is 0 Å². The molecule has 0 fully saturated rings. The first-order valence-electron chi connectivity index (χ1n) is 3.16. The molecule has 1 aromatic rings. The maximum atomic E-state index is 12.1. The summed E-state index contributed by atoms with van der Waals surface area (Å²) in [7, 11) is 0. The van der Waals surface area contributed by atoms with E-state index in [1.807, 2.05) is 0 Å². The molecule has 0 aliphatic carbocycles. The molecule has 0 aromatic carbocycles. The number of halogens is 3. The van der Waals surface area contributed by atoms with Crippen molar-refractivity contribution in [1.82, 2.24) is 4.98 Å². The van der Waals surface area contributed by atoms with Crippen LogP contribution in [-0.4, -0.2) is 10.1 Å². The summed E-state index contributed by atoms with van der Waals surface area (Å²) < 4.78 is 36.3. The minimum atomic E-state index is -2.88. The predicted molar refractivity (Wildman–Crippen MR) is 35.7 cm³/mol. The zero-order valence-corrected chi connectivity index (χ0v) is 5.97. The lowest BCUT2D eigenvalue weighted by Gasteiger charge is -2.05. The van der Waals surface area contributed by atoms with E-state index in [4.69, 9.17) is 5.11 Å². The third-order valence-corrected chi connectivity index (χ3v) is 1.41. The van der Waals surface area contributed by atoms with Gasteiger partial charge in [0.2, 0.25) is 0 Å². The summed E-state index contributed by atoms with van der Waals surface area (Å²) in [4.78, 5) is 3.37. The van der Waals surface area contributed by atoms with Crippen molar-refractivity contribution in [1.29, 1.82) is 0 Å². The summed E-state index contributed by atoms with van der Waals surface area (Å²) >= 11 is 0. The van der Waals surface area contributed by atoms with Crippen molar-refractivity contribution in [2.75, 3.05) is 0 Å². The maximum Gasteiger partial charge on any atom is 0.267 e. The van der Waals surface area contributed by atoms with Gasteiger partial charge in [-0.3, -0.25) is 4.98 Å². The first-order valence-corrected chi connectivity index (χ1v) is 3.16. The number of aromatic nitrogens is 1. The van der Waals surface area contributed by atoms with Crippen LogP contribution in [0.5, 0.6) is 5.75 Å². The molecule has 0 saturated carbocycles. The molecule has 2 nitrogen and oxygen atoms in total. The van der Waals surface area contributed by atoms with Crippen molar-refractivity contribution < 1.29 is 18.3 Å². The topological polar surface area (TPSA) is 33.1 Å². The Labute approximate surface area is 66.7 Å². The summed E-state index contributed by atoms with van der Waals surface area (Å²) in [6, 6.07) is 0. The molecular weight excluding hydrogens is 171 g/mol. The maximum absolute atomic E-state index is 12.1. The minimum Gasteiger partial charge on any atom is -0.506 e. The molecule has 1 N–H and O–H groups in total. The van der Waals surface area contributed by atoms with Gasteiger partial charge in [0.25, 0.3) is 6.43 Å². The molecule has 0 radical (unpaired) electrons. The summed E-state index contributed by atoms with van der Waals surface area (Å²) in [5, 5.41) is 8.88. The second-order valence-electron chi connectivity index (χ2n) is 2.17. The Hall–Kier alpha value is -1.26. The predicted octanol–water partition coefficient (Wildman–Crippen LogP) is 2.19. The highest BCUT2D eigenvalue weighted by Gasteiger charge is 2.17. The minimum absolute atomic E-state index is 0.273. The normalized spacial score (nSPS) is 10.7. The van der Waals surface area contributed by atoms with E-state index >= 15 is 0 Å². The van der Waals surface area contributed by atoms with Gasteiger partial charge in [0.1, 0.15) is 12.4 Å². The van der Waals surface area contributed by atoms with Gasteiger partial charge >= 0.3 is 0 Å². The van der Waals surface area contributed by atoms with Crippen molar-refractivity contribution in [3.05, 3.63) is 23.5 Å². The molecule has 66 valence electrons. The molecule has 0 atom stereocenters. The van der Waals surface area contributed by atoms with Crippen LogP contribution in [-0.2, 0) is 6.67 Å². The van der Waals surface area contributed by atoms with Gasteiger partial charge in [-0.25, -0.2) is 13.2 Å². The average Bonchev–Trinajstić information content (AvgIpc) is 2.03. The molecule has 0 amide bonds. The molecule has 5 heteroatoms. The lowest BCUT2D eigenvalue weighted by molar-refractivity contribution is 0.145. The third-order valence-electron chi connectivity index (χ3n) is 1.41. The van der Waals surface area contributed by atoms with Crippen LogP contribution in [0.2, 0.25) is 0 Å². The van der Waals surface area contributed by atoms with Gasteiger partial charge in [0, 0.05) is 11.8 Å². The van der Waals surface area contributed by atoms with Crippen LogP contribution in [0, 0.1) is 0 Å². The number of nitrogens with zero attached hydrogens (tertiary/aromatic N) is 1. The lowest BCUT2D eigenvalue weighted by atomic mass is 10.1. The standard InChI is InChI=1S/C7H6F3NO/c8-1-4-2-11-3-5(12)6(4)7(9)10/h2-3,7,12H,1H2. The average molecular weight is 177 g/mol. The Balaban J connectivity index is 3.20. The highest BCUT2D eigenvalue weighted by atomic mass is 19.3. The lowest BCUT2D eigenvalue weighted by Crippen LogP contribution is -1.94. The molecule has 0 saturated heterocycles. The van der Waals surface area contributed by atoms with Crippen molar-refractivity contribution in [2.45, 2.75) is 13.1 Å².